The summed E-state index contributed by atoms with van der Waals surface area (Å²) >= 11 is 0. The van der Waals surface area contributed by atoms with Crippen molar-refractivity contribution in [3.63, 3.8) is 0 Å². The Bertz CT molecular complexity index is 722. The van der Waals surface area contributed by atoms with Crippen LogP contribution in [0.25, 0.3) is 0 Å². The summed E-state index contributed by atoms with van der Waals surface area (Å²) in [5.41, 5.74) is 2.10. The lowest BCUT2D eigenvalue weighted by atomic mass is 9.98. The molecule has 1 heterocycles. The standard InChI is InChI=1S/C18H26N2O3S/c1-13(2)19-24(22,23)17-8-7-14-9-10-20(12-16(14)11-17)18(21)15-5-3-4-6-15/h7-8,11,13,15,19H,3-6,9-10,12H2,1-2H3. The lowest BCUT2D eigenvalue weighted by molar-refractivity contribution is -0.136. The molecule has 0 bridgehead atoms. The van der Waals surface area contributed by atoms with E-state index in [4.69, 9.17) is 0 Å². The number of sulfonamides is 1. The van der Waals surface area contributed by atoms with E-state index in [0.717, 1.165) is 49.8 Å². The van der Waals surface area contributed by atoms with Crippen molar-refractivity contribution in [1.82, 2.24) is 9.62 Å². The normalized spacial score (nSPS) is 18.9. The van der Waals surface area contributed by atoms with Crippen LogP contribution in [0.15, 0.2) is 23.1 Å². The van der Waals surface area contributed by atoms with Gasteiger partial charge in [-0.25, -0.2) is 13.1 Å². The first-order valence-electron chi connectivity index (χ1n) is 8.80. The number of carbonyl (C=O) groups is 1. The van der Waals surface area contributed by atoms with E-state index in [-0.39, 0.29) is 22.8 Å². The Morgan fingerprint density at radius 2 is 1.92 bits per heavy atom. The van der Waals surface area contributed by atoms with E-state index >= 15 is 0 Å². The summed E-state index contributed by atoms with van der Waals surface area (Å²) in [6.45, 7) is 4.87. The first-order chi connectivity index (χ1) is 11.4. The van der Waals surface area contributed by atoms with Crippen molar-refractivity contribution in [2.75, 3.05) is 6.54 Å². The number of hydrogen-bond acceptors (Lipinski definition) is 3. The fraction of sp³-hybridized carbons (Fsp3) is 0.611. The molecule has 132 valence electrons. The van der Waals surface area contributed by atoms with Crippen LogP contribution in [0.3, 0.4) is 0 Å². The maximum Gasteiger partial charge on any atom is 0.240 e. The van der Waals surface area contributed by atoms with Gasteiger partial charge in [0, 0.05) is 25.0 Å². The van der Waals surface area contributed by atoms with Crippen LogP contribution in [-0.4, -0.2) is 31.8 Å². The van der Waals surface area contributed by atoms with Gasteiger partial charge in [-0.2, -0.15) is 0 Å². The first-order valence-corrected chi connectivity index (χ1v) is 10.3. The highest BCUT2D eigenvalue weighted by Gasteiger charge is 2.30. The number of fused-ring (bicyclic) bond motifs is 1. The van der Waals surface area contributed by atoms with E-state index in [1.807, 2.05) is 11.0 Å². The third-order valence-electron chi connectivity index (χ3n) is 4.91. The predicted molar refractivity (Wildman–Crippen MR) is 93.0 cm³/mol. The smallest absolute Gasteiger partial charge is 0.240 e. The Labute approximate surface area is 144 Å². The van der Waals surface area contributed by atoms with Crippen LogP contribution in [0.1, 0.15) is 50.7 Å². The third kappa shape index (κ3) is 3.64. The van der Waals surface area contributed by atoms with Crippen molar-refractivity contribution in [1.29, 1.82) is 0 Å². The van der Waals surface area contributed by atoms with Crippen molar-refractivity contribution >= 4 is 15.9 Å². The van der Waals surface area contributed by atoms with Crippen LogP contribution in [0.4, 0.5) is 0 Å². The molecule has 0 unspecified atom stereocenters. The maximum atomic E-state index is 12.6. The number of benzene rings is 1. The lowest BCUT2D eigenvalue weighted by Crippen LogP contribution is -2.39. The van der Waals surface area contributed by atoms with Gasteiger partial charge in [-0.15, -0.1) is 0 Å². The average molecular weight is 350 g/mol. The minimum atomic E-state index is -3.50. The monoisotopic (exact) mass is 350 g/mol. The SMILES string of the molecule is CC(C)NS(=O)(=O)c1ccc2c(c1)CN(C(=O)C1CCCC1)CC2. The second-order valence-corrected chi connectivity index (χ2v) is 8.91. The molecule has 5 nitrogen and oxygen atoms in total. The molecule has 1 aliphatic carbocycles. The van der Waals surface area contributed by atoms with Gasteiger partial charge in [0.1, 0.15) is 0 Å². The molecular formula is C18H26N2O3S. The number of nitrogens with zero attached hydrogens (tertiary/aromatic N) is 1. The summed E-state index contributed by atoms with van der Waals surface area (Å²) < 4.78 is 27.3. The molecule has 0 spiro atoms. The van der Waals surface area contributed by atoms with Crippen molar-refractivity contribution in [2.45, 2.75) is 63.4 Å². The topological polar surface area (TPSA) is 66.5 Å². The van der Waals surface area contributed by atoms with Crippen molar-refractivity contribution in [3.05, 3.63) is 29.3 Å². The Kier molecular flexibility index (Phi) is 4.97. The van der Waals surface area contributed by atoms with Crippen LogP contribution in [0, 0.1) is 5.92 Å². The molecule has 1 amide bonds. The van der Waals surface area contributed by atoms with Gasteiger partial charge in [-0.3, -0.25) is 4.79 Å². The molecule has 1 aromatic rings. The fourth-order valence-corrected chi connectivity index (χ4v) is 5.00. The molecule has 1 aliphatic heterocycles. The lowest BCUT2D eigenvalue weighted by Gasteiger charge is -2.31. The molecule has 1 N–H and O–H groups in total. The second kappa shape index (κ2) is 6.84. The predicted octanol–water partition coefficient (Wildman–Crippen LogP) is 2.45. The zero-order valence-electron chi connectivity index (χ0n) is 14.4. The van der Waals surface area contributed by atoms with Crippen LogP contribution in [0.2, 0.25) is 0 Å². The van der Waals surface area contributed by atoms with Gasteiger partial charge in [-0.1, -0.05) is 18.9 Å². The quantitative estimate of drug-likeness (QED) is 0.907. The van der Waals surface area contributed by atoms with Crippen LogP contribution in [0.5, 0.6) is 0 Å². The molecule has 0 saturated heterocycles. The number of amides is 1. The molecule has 24 heavy (non-hydrogen) atoms. The van der Waals surface area contributed by atoms with E-state index in [1.165, 1.54) is 0 Å². The number of carbonyl (C=O) groups excluding carboxylic acids is 1. The molecule has 1 fully saturated rings. The van der Waals surface area contributed by atoms with E-state index in [0.29, 0.717) is 6.54 Å². The van der Waals surface area contributed by atoms with Gasteiger partial charge in [0.05, 0.1) is 4.90 Å². The van der Waals surface area contributed by atoms with Crippen molar-refractivity contribution in [3.8, 4) is 0 Å². The van der Waals surface area contributed by atoms with Gasteiger partial charge < -0.3 is 4.90 Å². The third-order valence-corrected chi connectivity index (χ3v) is 6.56. The molecule has 1 saturated carbocycles. The summed E-state index contributed by atoms with van der Waals surface area (Å²) in [5.74, 6) is 0.410. The van der Waals surface area contributed by atoms with Crippen LogP contribution >= 0.6 is 0 Å². The van der Waals surface area contributed by atoms with E-state index in [9.17, 15) is 13.2 Å². The highest BCUT2D eigenvalue weighted by atomic mass is 32.2. The molecule has 6 heteroatoms. The second-order valence-electron chi connectivity index (χ2n) is 7.20. The highest BCUT2D eigenvalue weighted by molar-refractivity contribution is 7.89. The summed E-state index contributed by atoms with van der Waals surface area (Å²) in [6, 6.07) is 5.14. The summed E-state index contributed by atoms with van der Waals surface area (Å²) in [7, 11) is -3.50. The number of rotatable bonds is 4. The minimum Gasteiger partial charge on any atom is -0.338 e. The maximum absolute atomic E-state index is 12.6. The van der Waals surface area contributed by atoms with Gasteiger partial charge in [0.2, 0.25) is 15.9 Å². The van der Waals surface area contributed by atoms with E-state index in [1.54, 1.807) is 26.0 Å². The Morgan fingerprint density at radius 1 is 1.21 bits per heavy atom. The van der Waals surface area contributed by atoms with Crippen molar-refractivity contribution in [2.24, 2.45) is 5.92 Å². The summed E-state index contributed by atoms with van der Waals surface area (Å²) in [5, 5.41) is 0. The van der Waals surface area contributed by atoms with Gasteiger partial charge in [0.25, 0.3) is 0 Å². The summed E-state index contributed by atoms with van der Waals surface area (Å²) in [4.78, 5) is 14.8. The molecule has 0 radical (unpaired) electrons. The average Bonchev–Trinajstić information content (AvgIpc) is 3.06. The summed E-state index contributed by atoms with van der Waals surface area (Å²) in [6.07, 6.45) is 5.07. The molecule has 0 atom stereocenters. The molecule has 2 aliphatic rings. The Hall–Kier alpha value is -1.40. The van der Waals surface area contributed by atoms with E-state index in [2.05, 4.69) is 4.72 Å². The highest BCUT2D eigenvalue weighted by Crippen LogP contribution is 2.29. The van der Waals surface area contributed by atoms with Gasteiger partial charge in [-0.05, 0) is 56.4 Å². The molecule has 1 aromatic carbocycles. The minimum absolute atomic E-state index is 0.147. The van der Waals surface area contributed by atoms with Gasteiger partial charge >= 0.3 is 0 Å². The Morgan fingerprint density at radius 3 is 2.58 bits per heavy atom. The van der Waals surface area contributed by atoms with E-state index < -0.39 is 10.0 Å². The largest absolute Gasteiger partial charge is 0.338 e. The zero-order valence-corrected chi connectivity index (χ0v) is 15.2. The molecule has 0 aromatic heterocycles. The fourth-order valence-electron chi connectivity index (χ4n) is 3.70. The van der Waals surface area contributed by atoms with Crippen molar-refractivity contribution < 1.29 is 13.2 Å². The van der Waals surface area contributed by atoms with Crippen LogP contribution < -0.4 is 4.72 Å². The number of hydrogen-bond donors (Lipinski definition) is 1. The molecule has 3 rings (SSSR count). The number of nitrogens with one attached hydrogen (secondary N) is 1. The Balaban J connectivity index is 1.80. The molecular weight excluding hydrogens is 324 g/mol. The van der Waals surface area contributed by atoms with Crippen LogP contribution in [-0.2, 0) is 27.8 Å². The van der Waals surface area contributed by atoms with Gasteiger partial charge in [0.15, 0.2) is 0 Å². The zero-order chi connectivity index (χ0) is 17.3. The first kappa shape index (κ1) is 17.4.